The quantitative estimate of drug-likeness (QED) is 0.124. The van der Waals surface area contributed by atoms with Crippen molar-refractivity contribution in [1.82, 2.24) is 30.5 Å². The lowest BCUT2D eigenvalue weighted by Crippen LogP contribution is -2.62. The van der Waals surface area contributed by atoms with E-state index in [0.717, 1.165) is 25.7 Å². The third kappa shape index (κ3) is 9.97. The zero-order valence-electron chi connectivity index (χ0n) is 30.7. The van der Waals surface area contributed by atoms with Crippen LogP contribution in [0.4, 0.5) is 4.79 Å². The molecule has 5 amide bonds. The van der Waals surface area contributed by atoms with Gasteiger partial charge in [-0.3, -0.25) is 19.2 Å². The van der Waals surface area contributed by atoms with E-state index in [0.29, 0.717) is 19.5 Å². The fourth-order valence-corrected chi connectivity index (χ4v) is 7.37. The van der Waals surface area contributed by atoms with E-state index in [4.69, 9.17) is 0 Å². The molecule has 0 aromatic heterocycles. The molecule has 2 aliphatic carbocycles. The Morgan fingerprint density at radius 3 is 2.17 bits per heavy atom. The van der Waals surface area contributed by atoms with Gasteiger partial charge < -0.3 is 30.7 Å². The number of urea groups is 1. The summed E-state index contributed by atoms with van der Waals surface area (Å²) < 4.78 is 13.7. The Morgan fingerprint density at radius 2 is 1.65 bits per heavy atom. The van der Waals surface area contributed by atoms with Gasteiger partial charge in [0.25, 0.3) is 5.91 Å². The van der Waals surface area contributed by atoms with Crippen molar-refractivity contribution in [2.45, 2.75) is 112 Å². The molecule has 0 spiro atoms. The van der Waals surface area contributed by atoms with E-state index in [1.807, 2.05) is 41.5 Å². The van der Waals surface area contributed by atoms with Crippen LogP contribution in [0.5, 0.6) is 0 Å². The molecule has 1 saturated heterocycles. The number of carbonyl (C=O) groups excluding carboxylic acids is 5. The second-order valence-electron chi connectivity index (χ2n) is 16.9. The van der Waals surface area contributed by atoms with Gasteiger partial charge in [0.05, 0.1) is 18.6 Å². The molecule has 0 bridgehead atoms. The Balaban J connectivity index is 1.89. The first-order chi connectivity index (χ1) is 22.1. The van der Waals surface area contributed by atoms with Crippen LogP contribution in [0.1, 0.15) is 87.5 Å². The molecule has 1 heterocycles. The molecule has 3 aliphatic rings. The van der Waals surface area contributed by atoms with Crippen molar-refractivity contribution in [2.75, 3.05) is 32.9 Å². The van der Waals surface area contributed by atoms with Gasteiger partial charge in [0, 0.05) is 31.5 Å². The van der Waals surface area contributed by atoms with Crippen molar-refractivity contribution in [1.29, 1.82) is 0 Å². The summed E-state index contributed by atoms with van der Waals surface area (Å²) in [6, 6.07) is -3.72. The second kappa shape index (κ2) is 15.5. The molecule has 1 aliphatic heterocycles. The molecule has 0 aromatic rings. The summed E-state index contributed by atoms with van der Waals surface area (Å²) >= 11 is -1.23. The maximum Gasteiger partial charge on any atom is 0.315 e. The fourth-order valence-electron chi connectivity index (χ4n) is 7.01. The number of likely N-dealkylation sites (N-methyl/N-ethyl adjacent to an activating group) is 1. The highest BCUT2D eigenvalue weighted by atomic mass is 32.2. The number of nitrogens with zero attached hydrogens (tertiary/aromatic N) is 2. The molecule has 13 heteroatoms. The molecule has 7 atom stereocenters. The highest BCUT2D eigenvalue weighted by Crippen LogP contribution is 2.53. The molecule has 12 nitrogen and oxygen atoms in total. The van der Waals surface area contributed by atoms with Crippen molar-refractivity contribution in [3.63, 3.8) is 0 Å². The standard InChI is InChI=1S/C35H60N6O6S/c1-12-17-36-30(44)27(42)24(18-21-13-14-21)37-29(43)26-22-15-16-35(8,9)23(22)19-41(26)31(45)28(34(5,6)7)39-32(46)38-25(33(2,3)4)20-40(10)48(11)47/h12,21-26,28H,1,13-20H2,2-11H3,(H,36,44)(H,37,43)(H2,38,39,46)/t22-,23-,24?,25+,26-,28+,48?/m0/s1. The van der Waals surface area contributed by atoms with Crippen LogP contribution in [-0.2, 0) is 30.5 Å². The zero-order chi connectivity index (χ0) is 36.4. The van der Waals surface area contributed by atoms with E-state index in [1.54, 1.807) is 22.5 Å². The molecular formula is C35H60N6O6S. The van der Waals surface area contributed by atoms with Crippen LogP contribution in [0, 0.1) is 34.0 Å². The lowest BCUT2D eigenvalue weighted by molar-refractivity contribution is -0.144. The van der Waals surface area contributed by atoms with Crippen molar-refractivity contribution in [2.24, 2.45) is 34.0 Å². The van der Waals surface area contributed by atoms with Crippen molar-refractivity contribution < 1.29 is 28.5 Å². The van der Waals surface area contributed by atoms with Crippen LogP contribution in [0.15, 0.2) is 12.7 Å². The third-order valence-electron chi connectivity index (χ3n) is 10.5. The number of carbonyl (C=O) groups is 5. The molecule has 3 rings (SSSR count). The van der Waals surface area contributed by atoms with Crippen molar-refractivity contribution in [3.05, 3.63) is 12.7 Å². The Bertz CT molecular complexity index is 1220. The monoisotopic (exact) mass is 692 g/mol. The molecular weight excluding hydrogens is 632 g/mol. The van der Waals surface area contributed by atoms with E-state index in [1.165, 1.54) is 6.08 Å². The molecule has 272 valence electrons. The number of nitrogens with one attached hydrogen (secondary N) is 4. The molecule has 2 saturated carbocycles. The first-order valence-corrected chi connectivity index (χ1v) is 18.8. The summed E-state index contributed by atoms with van der Waals surface area (Å²) in [6.07, 6.45) is 6.95. The highest BCUT2D eigenvalue weighted by Gasteiger charge is 2.57. The van der Waals surface area contributed by atoms with E-state index in [2.05, 4.69) is 41.7 Å². The molecule has 0 aromatic carbocycles. The molecule has 4 N–H and O–H groups in total. The average molecular weight is 693 g/mol. The highest BCUT2D eigenvalue weighted by molar-refractivity contribution is 7.88. The molecule has 0 radical (unpaired) electrons. The minimum absolute atomic E-state index is 0.0517. The first kappa shape index (κ1) is 39.8. The second-order valence-corrected chi connectivity index (χ2v) is 18.4. The predicted octanol–water partition coefficient (Wildman–Crippen LogP) is 2.76. The fraction of sp³-hybridized carbons (Fsp3) is 0.800. The van der Waals surface area contributed by atoms with Crippen LogP contribution in [-0.4, -0.2) is 100 Å². The Kier molecular flexibility index (Phi) is 12.8. The van der Waals surface area contributed by atoms with Gasteiger partial charge in [-0.15, -0.1) is 10.9 Å². The maximum atomic E-state index is 14.6. The van der Waals surface area contributed by atoms with Gasteiger partial charge in [0.1, 0.15) is 18.3 Å². The maximum absolute atomic E-state index is 14.6. The summed E-state index contributed by atoms with van der Waals surface area (Å²) in [5, 5.41) is 11.4. The lowest BCUT2D eigenvalue weighted by atomic mass is 9.79. The predicted molar refractivity (Wildman–Crippen MR) is 188 cm³/mol. The number of hydrogen-bond donors (Lipinski definition) is 4. The smallest absolute Gasteiger partial charge is 0.315 e. The van der Waals surface area contributed by atoms with Gasteiger partial charge >= 0.3 is 6.03 Å². The summed E-state index contributed by atoms with van der Waals surface area (Å²) in [7, 11) is 1.73. The SMILES string of the molecule is C=CCNC(=O)C(=O)C(CC1CC1)NC(=O)[C@@H]1[C@H]2CCC(C)(C)[C@H]2CN1C(=O)[C@@H](NC(=O)N[C@H](CN(C)[S+](C)[O-])C(C)(C)C)C(C)(C)C. The summed E-state index contributed by atoms with van der Waals surface area (Å²) in [6.45, 7) is 20.3. The number of amides is 5. The van der Waals surface area contributed by atoms with E-state index in [9.17, 15) is 28.5 Å². The van der Waals surface area contributed by atoms with Gasteiger partial charge in [-0.1, -0.05) is 74.3 Å². The number of likely N-dealkylation sites (tertiary alicyclic amines) is 1. The topological polar surface area (TPSA) is 163 Å². The van der Waals surface area contributed by atoms with Gasteiger partial charge in [-0.25, -0.2) is 4.79 Å². The number of ketones is 1. The number of rotatable bonds is 14. The van der Waals surface area contributed by atoms with Gasteiger partial charge in [-0.05, 0) is 53.3 Å². The van der Waals surface area contributed by atoms with E-state index < -0.39 is 58.5 Å². The van der Waals surface area contributed by atoms with Crippen LogP contribution < -0.4 is 21.3 Å². The summed E-state index contributed by atoms with van der Waals surface area (Å²) in [4.78, 5) is 69.8. The number of Topliss-reactive ketones (excluding diaryl/α,β-unsaturated/α-hetero) is 1. The first-order valence-electron chi connectivity index (χ1n) is 17.2. The largest absolute Gasteiger partial charge is 0.598 e. The van der Waals surface area contributed by atoms with Crippen LogP contribution in [0.3, 0.4) is 0 Å². The summed E-state index contributed by atoms with van der Waals surface area (Å²) in [5.41, 5.74) is -1.20. The minimum atomic E-state index is -1.23. The molecule has 2 unspecified atom stereocenters. The minimum Gasteiger partial charge on any atom is -0.598 e. The summed E-state index contributed by atoms with van der Waals surface area (Å²) in [5.74, 6) is -2.09. The Morgan fingerprint density at radius 1 is 1.02 bits per heavy atom. The van der Waals surface area contributed by atoms with Crippen LogP contribution in [0.2, 0.25) is 0 Å². The lowest BCUT2D eigenvalue weighted by Gasteiger charge is -2.38. The van der Waals surface area contributed by atoms with Crippen LogP contribution >= 0.6 is 0 Å². The van der Waals surface area contributed by atoms with Crippen molar-refractivity contribution in [3.8, 4) is 0 Å². The van der Waals surface area contributed by atoms with Gasteiger partial charge in [-0.2, -0.15) is 0 Å². The third-order valence-corrected chi connectivity index (χ3v) is 11.5. The van der Waals surface area contributed by atoms with E-state index >= 15 is 0 Å². The number of fused-ring (bicyclic) bond motifs is 1. The Hall–Kier alpha value is -2.64. The number of hydrogen-bond acceptors (Lipinski definition) is 7. The van der Waals surface area contributed by atoms with Gasteiger partial charge in [0.2, 0.25) is 17.6 Å². The molecule has 3 fully saturated rings. The normalized spacial score (nSPS) is 24.6. The van der Waals surface area contributed by atoms with E-state index in [-0.39, 0.29) is 47.1 Å². The van der Waals surface area contributed by atoms with Gasteiger partial charge in [0.15, 0.2) is 0 Å². The Labute approximate surface area is 290 Å². The average Bonchev–Trinajstić information content (AvgIpc) is 3.62. The zero-order valence-corrected chi connectivity index (χ0v) is 31.6. The van der Waals surface area contributed by atoms with Crippen molar-refractivity contribution >= 4 is 40.9 Å². The van der Waals surface area contributed by atoms with Crippen LogP contribution in [0.25, 0.3) is 0 Å². The molecule has 48 heavy (non-hydrogen) atoms.